The molecule has 2 aromatic rings. The van der Waals surface area contributed by atoms with Crippen LogP contribution in [0.2, 0.25) is 10.0 Å². The summed E-state index contributed by atoms with van der Waals surface area (Å²) in [5.41, 5.74) is 1.26. The largest absolute Gasteiger partial charge is 0.493 e. The Bertz CT molecular complexity index is 935. The van der Waals surface area contributed by atoms with Crippen LogP contribution in [-0.2, 0) is 9.53 Å². The zero-order valence-corrected chi connectivity index (χ0v) is 17.5. The molecule has 0 aliphatic carbocycles. The summed E-state index contributed by atoms with van der Waals surface area (Å²) in [6, 6.07) is 7.97. The van der Waals surface area contributed by atoms with Crippen LogP contribution in [0.15, 0.2) is 36.4 Å². The zero-order chi connectivity index (χ0) is 21.0. The molecule has 8 heteroatoms. The van der Waals surface area contributed by atoms with E-state index in [1.165, 1.54) is 18.2 Å². The van der Waals surface area contributed by atoms with Crippen molar-refractivity contribution in [3.63, 3.8) is 0 Å². The molecule has 0 spiro atoms. The predicted molar refractivity (Wildman–Crippen MR) is 110 cm³/mol. The second-order valence-electron chi connectivity index (χ2n) is 6.38. The van der Waals surface area contributed by atoms with Crippen LogP contribution in [0.1, 0.15) is 17.2 Å². The molecule has 154 valence electrons. The Kier molecular flexibility index (Phi) is 7.00. The molecular formula is C21H20Cl2FNO4. The van der Waals surface area contributed by atoms with Crippen LogP contribution < -0.4 is 9.47 Å². The summed E-state index contributed by atoms with van der Waals surface area (Å²) in [5, 5.41) is 0.247. The lowest BCUT2D eigenvalue weighted by Gasteiger charge is -2.33. The molecule has 0 N–H and O–H groups in total. The van der Waals surface area contributed by atoms with Gasteiger partial charge >= 0.3 is 0 Å². The lowest BCUT2D eigenvalue weighted by atomic mass is 10.1. The minimum absolute atomic E-state index is 0.0552. The van der Waals surface area contributed by atoms with Crippen molar-refractivity contribution in [2.75, 3.05) is 33.9 Å². The van der Waals surface area contributed by atoms with Crippen molar-refractivity contribution >= 4 is 35.2 Å². The van der Waals surface area contributed by atoms with Crippen molar-refractivity contribution in [3.8, 4) is 11.5 Å². The summed E-state index contributed by atoms with van der Waals surface area (Å²) in [7, 11) is 3.11. The summed E-state index contributed by atoms with van der Waals surface area (Å²) >= 11 is 11.9. The monoisotopic (exact) mass is 439 g/mol. The average Bonchev–Trinajstić information content (AvgIpc) is 2.74. The Morgan fingerprint density at radius 1 is 1.17 bits per heavy atom. The van der Waals surface area contributed by atoms with Gasteiger partial charge in [-0.1, -0.05) is 29.3 Å². The Morgan fingerprint density at radius 2 is 1.93 bits per heavy atom. The molecule has 0 aromatic heterocycles. The van der Waals surface area contributed by atoms with E-state index in [-0.39, 0.29) is 17.5 Å². The minimum atomic E-state index is -0.577. The van der Waals surface area contributed by atoms with Gasteiger partial charge in [0.2, 0.25) is 5.91 Å². The summed E-state index contributed by atoms with van der Waals surface area (Å²) in [6.45, 7) is 1.01. The average molecular weight is 440 g/mol. The smallest absolute Gasteiger partial charge is 0.246 e. The van der Waals surface area contributed by atoms with Crippen molar-refractivity contribution in [2.45, 2.75) is 6.10 Å². The Labute approximate surface area is 178 Å². The van der Waals surface area contributed by atoms with Crippen molar-refractivity contribution in [1.82, 2.24) is 4.90 Å². The van der Waals surface area contributed by atoms with Gasteiger partial charge in [0.05, 0.1) is 32.4 Å². The van der Waals surface area contributed by atoms with Crippen LogP contribution in [0, 0.1) is 5.82 Å². The second kappa shape index (κ2) is 9.48. The van der Waals surface area contributed by atoms with Crippen LogP contribution in [0.3, 0.4) is 0 Å². The van der Waals surface area contributed by atoms with Gasteiger partial charge in [-0.15, -0.1) is 0 Å². The molecule has 1 atom stereocenters. The molecule has 2 aromatic carbocycles. The molecule has 29 heavy (non-hydrogen) atoms. The Morgan fingerprint density at radius 3 is 2.66 bits per heavy atom. The first-order valence-corrected chi connectivity index (χ1v) is 9.63. The third-order valence-corrected chi connectivity index (χ3v) is 5.21. The van der Waals surface area contributed by atoms with Gasteiger partial charge < -0.3 is 19.1 Å². The van der Waals surface area contributed by atoms with Gasteiger partial charge in [-0.05, 0) is 35.9 Å². The maximum Gasteiger partial charge on any atom is 0.246 e. The number of methoxy groups -OCH3 is 2. The second-order valence-corrected chi connectivity index (χ2v) is 7.19. The van der Waals surface area contributed by atoms with Crippen LogP contribution in [-0.4, -0.2) is 44.7 Å². The highest BCUT2D eigenvalue weighted by atomic mass is 35.5. The first-order valence-electron chi connectivity index (χ1n) is 8.88. The first kappa shape index (κ1) is 21.4. The SMILES string of the molecule is COc1ccc(/C=C/C(=O)N2CCOC(c3cc(F)c(Cl)cc3Cl)C2)cc1OC. The molecule has 1 heterocycles. The quantitative estimate of drug-likeness (QED) is 0.497. The van der Waals surface area contributed by atoms with E-state index < -0.39 is 11.9 Å². The van der Waals surface area contributed by atoms with E-state index in [9.17, 15) is 9.18 Å². The molecule has 1 unspecified atom stereocenters. The van der Waals surface area contributed by atoms with Gasteiger partial charge in [0.1, 0.15) is 11.9 Å². The van der Waals surface area contributed by atoms with E-state index in [0.29, 0.717) is 35.2 Å². The lowest BCUT2D eigenvalue weighted by molar-refractivity contribution is -0.133. The molecule has 0 saturated carbocycles. The number of hydrogen-bond donors (Lipinski definition) is 0. The van der Waals surface area contributed by atoms with E-state index >= 15 is 0 Å². The number of benzene rings is 2. The number of rotatable bonds is 5. The fourth-order valence-corrected chi connectivity index (χ4v) is 3.56. The number of ether oxygens (including phenoxy) is 3. The Balaban J connectivity index is 1.71. The highest BCUT2D eigenvalue weighted by molar-refractivity contribution is 6.35. The summed E-state index contributed by atoms with van der Waals surface area (Å²) in [6.07, 6.45) is 2.65. The number of amides is 1. The normalized spacial score (nSPS) is 16.9. The van der Waals surface area contributed by atoms with Gasteiger partial charge in [-0.3, -0.25) is 4.79 Å². The minimum Gasteiger partial charge on any atom is -0.493 e. The predicted octanol–water partition coefficient (Wildman–Crippen LogP) is 4.76. The molecule has 3 rings (SSSR count). The van der Waals surface area contributed by atoms with E-state index in [4.69, 9.17) is 37.4 Å². The summed E-state index contributed by atoms with van der Waals surface area (Å²) < 4.78 is 30.0. The maximum atomic E-state index is 13.8. The fourth-order valence-electron chi connectivity index (χ4n) is 3.05. The third-order valence-electron chi connectivity index (χ3n) is 4.59. The molecule has 1 saturated heterocycles. The van der Waals surface area contributed by atoms with Crippen LogP contribution in [0.5, 0.6) is 11.5 Å². The van der Waals surface area contributed by atoms with E-state index in [2.05, 4.69) is 0 Å². The highest BCUT2D eigenvalue weighted by Gasteiger charge is 2.26. The van der Waals surface area contributed by atoms with Crippen molar-refractivity contribution in [2.24, 2.45) is 0 Å². The van der Waals surface area contributed by atoms with Gasteiger partial charge in [-0.25, -0.2) is 4.39 Å². The summed E-state index contributed by atoms with van der Waals surface area (Å²) in [4.78, 5) is 14.3. The third kappa shape index (κ3) is 5.01. The molecule has 1 aliphatic rings. The van der Waals surface area contributed by atoms with E-state index in [1.54, 1.807) is 37.3 Å². The maximum absolute atomic E-state index is 13.8. The summed E-state index contributed by atoms with van der Waals surface area (Å²) in [5.74, 6) is 0.428. The molecule has 0 radical (unpaired) electrons. The Hall–Kier alpha value is -2.28. The number of morpholine rings is 1. The van der Waals surface area contributed by atoms with Gasteiger partial charge in [-0.2, -0.15) is 0 Å². The fraction of sp³-hybridized carbons (Fsp3) is 0.286. The molecule has 1 aliphatic heterocycles. The van der Waals surface area contributed by atoms with Crippen LogP contribution in [0.4, 0.5) is 4.39 Å². The molecular weight excluding hydrogens is 420 g/mol. The van der Waals surface area contributed by atoms with Gasteiger partial charge in [0.25, 0.3) is 0 Å². The topological polar surface area (TPSA) is 48.0 Å². The number of halogens is 3. The van der Waals surface area contributed by atoms with Gasteiger partial charge in [0.15, 0.2) is 11.5 Å². The molecule has 1 amide bonds. The van der Waals surface area contributed by atoms with E-state index in [1.807, 2.05) is 6.07 Å². The van der Waals surface area contributed by atoms with Crippen molar-refractivity contribution in [1.29, 1.82) is 0 Å². The van der Waals surface area contributed by atoms with Crippen LogP contribution >= 0.6 is 23.2 Å². The van der Waals surface area contributed by atoms with E-state index in [0.717, 1.165) is 5.56 Å². The zero-order valence-electron chi connectivity index (χ0n) is 16.0. The highest BCUT2D eigenvalue weighted by Crippen LogP contribution is 2.32. The first-order chi connectivity index (χ1) is 13.9. The van der Waals surface area contributed by atoms with Crippen LogP contribution in [0.25, 0.3) is 6.08 Å². The van der Waals surface area contributed by atoms with Crippen molar-refractivity contribution in [3.05, 3.63) is 63.4 Å². The molecule has 1 fully saturated rings. The van der Waals surface area contributed by atoms with Gasteiger partial charge in [0, 0.05) is 23.2 Å². The standard InChI is InChI=1S/C21H20Cl2FNO4/c1-27-18-5-3-13(9-19(18)28-2)4-6-21(26)25-7-8-29-20(12-25)14-10-17(24)16(23)11-15(14)22/h3-6,9-11,20H,7-8,12H2,1-2H3/b6-4+. The number of carbonyl (C=O) groups excluding carboxylic acids is 1. The lowest BCUT2D eigenvalue weighted by Crippen LogP contribution is -2.41. The number of nitrogens with zero attached hydrogens (tertiary/aromatic N) is 1. The number of hydrogen-bond acceptors (Lipinski definition) is 4. The van der Waals surface area contributed by atoms with Crippen molar-refractivity contribution < 1.29 is 23.4 Å². The number of carbonyl (C=O) groups is 1. The molecule has 5 nitrogen and oxygen atoms in total. The molecule has 0 bridgehead atoms.